The van der Waals surface area contributed by atoms with Crippen molar-refractivity contribution in [3.05, 3.63) is 0 Å². The molecular formula is C12H28NO3P. The van der Waals surface area contributed by atoms with Crippen molar-refractivity contribution in [2.75, 3.05) is 13.2 Å². The number of rotatable bonds is 8. The number of hydrogen-bond donors (Lipinski definition) is 1. The van der Waals surface area contributed by atoms with Crippen molar-refractivity contribution in [3.63, 3.8) is 0 Å². The molecule has 0 aliphatic rings. The lowest BCUT2D eigenvalue weighted by Crippen LogP contribution is -2.44. The summed E-state index contributed by atoms with van der Waals surface area (Å²) in [4.78, 5) is 0. The molecule has 0 aliphatic carbocycles. The van der Waals surface area contributed by atoms with Crippen molar-refractivity contribution in [2.45, 2.75) is 65.7 Å². The van der Waals surface area contributed by atoms with Gasteiger partial charge in [-0.2, -0.15) is 0 Å². The molecule has 0 spiro atoms. The Bertz CT molecular complexity index is 241. The highest BCUT2D eigenvalue weighted by atomic mass is 31.2. The summed E-state index contributed by atoms with van der Waals surface area (Å²) in [5, 5.41) is 3.35. The van der Waals surface area contributed by atoms with E-state index in [1.54, 1.807) is 0 Å². The van der Waals surface area contributed by atoms with E-state index < -0.39 is 7.60 Å². The van der Waals surface area contributed by atoms with Gasteiger partial charge >= 0.3 is 7.60 Å². The van der Waals surface area contributed by atoms with Crippen molar-refractivity contribution < 1.29 is 13.6 Å². The van der Waals surface area contributed by atoms with Gasteiger partial charge in [0.1, 0.15) is 5.78 Å². The molecule has 0 aromatic heterocycles. The van der Waals surface area contributed by atoms with Crippen LogP contribution in [-0.2, 0) is 13.6 Å². The molecule has 1 atom stereocenters. The summed E-state index contributed by atoms with van der Waals surface area (Å²) in [5.41, 5.74) is -0.107. The summed E-state index contributed by atoms with van der Waals surface area (Å²) in [6.45, 7) is 12.7. The molecule has 104 valence electrons. The van der Waals surface area contributed by atoms with E-state index in [1.165, 1.54) is 0 Å². The molecule has 0 aliphatic heterocycles. The molecular weight excluding hydrogens is 237 g/mol. The highest BCUT2D eigenvalue weighted by Gasteiger charge is 2.36. The topological polar surface area (TPSA) is 47.6 Å². The van der Waals surface area contributed by atoms with Gasteiger partial charge in [0.2, 0.25) is 0 Å². The Morgan fingerprint density at radius 2 is 1.59 bits per heavy atom. The summed E-state index contributed by atoms with van der Waals surface area (Å²) in [7, 11) is -3.05. The Morgan fingerprint density at radius 1 is 1.12 bits per heavy atom. The van der Waals surface area contributed by atoms with Crippen LogP contribution in [0.1, 0.15) is 54.4 Å². The van der Waals surface area contributed by atoms with Crippen LogP contribution >= 0.6 is 7.60 Å². The van der Waals surface area contributed by atoms with E-state index in [0.29, 0.717) is 13.2 Å². The minimum Gasteiger partial charge on any atom is -0.308 e. The third-order valence-corrected chi connectivity index (χ3v) is 4.55. The molecule has 1 unspecified atom stereocenters. The second kappa shape index (κ2) is 7.52. The maximum atomic E-state index is 12.7. The van der Waals surface area contributed by atoms with E-state index in [9.17, 15) is 4.57 Å². The van der Waals surface area contributed by atoms with Gasteiger partial charge in [-0.05, 0) is 41.0 Å². The van der Waals surface area contributed by atoms with Crippen LogP contribution in [0.15, 0.2) is 0 Å². The van der Waals surface area contributed by atoms with E-state index in [-0.39, 0.29) is 11.3 Å². The second-order valence-corrected chi connectivity index (χ2v) is 7.29. The Labute approximate surface area is 106 Å². The molecule has 0 fully saturated rings. The van der Waals surface area contributed by atoms with Gasteiger partial charge in [-0.25, -0.2) is 0 Å². The maximum absolute atomic E-state index is 12.7. The molecule has 0 aromatic rings. The van der Waals surface area contributed by atoms with Crippen molar-refractivity contribution in [1.29, 1.82) is 0 Å². The fraction of sp³-hybridized carbons (Fsp3) is 1.00. The molecule has 0 radical (unpaired) electrons. The molecule has 0 aromatic carbocycles. The van der Waals surface area contributed by atoms with Gasteiger partial charge in [0.15, 0.2) is 0 Å². The summed E-state index contributed by atoms with van der Waals surface area (Å²) >= 11 is 0. The standard InChI is InChI=1S/C12H28NO3P/c1-7-10-11(13-12(4,5)6)17(14,15-8-2)16-9-3/h11,13H,7-10H2,1-6H3. The molecule has 17 heavy (non-hydrogen) atoms. The van der Waals surface area contributed by atoms with Crippen LogP contribution in [0.25, 0.3) is 0 Å². The Balaban J connectivity index is 4.88. The number of nitrogens with one attached hydrogen (secondary N) is 1. The number of hydrogen-bond acceptors (Lipinski definition) is 4. The maximum Gasteiger partial charge on any atom is 0.347 e. The normalized spacial score (nSPS) is 14.9. The fourth-order valence-electron chi connectivity index (χ4n) is 1.66. The lowest BCUT2D eigenvalue weighted by Gasteiger charge is -2.32. The zero-order valence-corrected chi connectivity index (χ0v) is 13.0. The lowest BCUT2D eigenvalue weighted by atomic mass is 10.1. The summed E-state index contributed by atoms with van der Waals surface area (Å²) in [6, 6.07) is 0. The highest BCUT2D eigenvalue weighted by molar-refractivity contribution is 7.54. The highest BCUT2D eigenvalue weighted by Crippen LogP contribution is 2.53. The van der Waals surface area contributed by atoms with Crippen LogP contribution in [0.4, 0.5) is 0 Å². The first kappa shape index (κ1) is 17.1. The molecule has 0 bridgehead atoms. The summed E-state index contributed by atoms with van der Waals surface area (Å²) in [6.07, 6.45) is 1.73. The van der Waals surface area contributed by atoms with E-state index in [1.807, 2.05) is 13.8 Å². The Hall–Kier alpha value is 0.110. The first-order chi connectivity index (χ1) is 7.79. The van der Waals surface area contributed by atoms with E-state index >= 15 is 0 Å². The molecule has 0 amide bonds. The summed E-state index contributed by atoms with van der Waals surface area (Å²) < 4.78 is 23.5. The zero-order valence-electron chi connectivity index (χ0n) is 12.1. The average molecular weight is 265 g/mol. The Morgan fingerprint density at radius 3 is 1.88 bits per heavy atom. The molecule has 0 saturated carbocycles. The van der Waals surface area contributed by atoms with Gasteiger partial charge in [0.05, 0.1) is 13.2 Å². The minimum atomic E-state index is -3.05. The van der Waals surface area contributed by atoms with Gasteiger partial charge in [-0.3, -0.25) is 9.88 Å². The van der Waals surface area contributed by atoms with Crippen LogP contribution in [0, 0.1) is 0 Å². The monoisotopic (exact) mass is 265 g/mol. The average Bonchev–Trinajstić information content (AvgIpc) is 2.16. The van der Waals surface area contributed by atoms with Gasteiger partial charge in [-0.15, -0.1) is 0 Å². The van der Waals surface area contributed by atoms with Gasteiger partial charge < -0.3 is 9.05 Å². The largest absolute Gasteiger partial charge is 0.347 e. The predicted octanol–water partition coefficient (Wildman–Crippen LogP) is 3.77. The fourth-order valence-corrected chi connectivity index (χ4v) is 3.93. The second-order valence-electron chi connectivity index (χ2n) is 5.07. The van der Waals surface area contributed by atoms with Crippen molar-refractivity contribution in [1.82, 2.24) is 5.32 Å². The van der Waals surface area contributed by atoms with Crippen molar-refractivity contribution in [3.8, 4) is 0 Å². The van der Waals surface area contributed by atoms with Crippen LogP contribution < -0.4 is 5.32 Å². The van der Waals surface area contributed by atoms with Crippen LogP contribution in [0.5, 0.6) is 0 Å². The summed E-state index contributed by atoms with van der Waals surface area (Å²) in [5.74, 6) is -0.229. The van der Waals surface area contributed by atoms with Crippen LogP contribution in [0.3, 0.4) is 0 Å². The molecule has 0 rings (SSSR count). The van der Waals surface area contributed by atoms with E-state index in [0.717, 1.165) is 12.8 Å². The quantitative estimate of drug-likeness (QED) is 0.679. The zero-order chi connectivity index (χ0) is 13.5. The molecule has 0 saturated heterocycles. The first-order valence-electron chi connectivity index (χ1n) is 6.45. The third kappa shape index (κ3) is 6.56. The van der Waals surface area contributed by atoms with Crippen LogP contribution in [-0.4, -0.2) is 24.5 Å². The van der Waals surface area contributed by atoms with Crippen molar-refractivity contribution in [2.24, 2.45) is 0 Å². The lowest BCUT2D eigenvalue weighted by molar-refractivity contribution is 0.198. The predicted molar refractivity (Wildman–Crippen MR) is 72.4 cm³/mol. The van der Waals surface area contributed by atoms with Gasteiger partial charge in [0, 0.05) is 5.54 Å². The molecule has 1 N–H and O–H groups in total. The van der Waals surface area contributed by atoms with E-state index in [2.05, 4.69) is 33.0 Å². The SMILES string of the molecule is CCCC(NC(C)(C)C)P(=O)(OCC)OCC. The van der Waals surface area contributed by atoms with Gasteiger partial charge in [0.25, 0.3) is 0 Å². The first-order valence-corrected chi connectivity index (χ1v) is 8.06. The van der Waals surface area contributed by atoms with Gasteiger partial charge in [-0.1, -0.05) is 13.3 Å². The minimum absolute atomic E-state index is 0.107. The van der Waals surface area contributed by atoms with Crippen molar-refractivity contribution >= 4 is 7.60 Å². The molecule has 4 nitrogen and oxygen atoms in total. The Kier molecular flexibility index (Phi) is 7.57. The van der Waals surface area contributed by atoms with Crippen LogP contribution in [0.2, 0.25) is 0 Å². The smallest absolute Gasteiger partial charge is 0.308 e. The van der Waals surface area contributed by atoms with E-state index in [4.69, 9.17) is 9.05 Å². The molecule has 0 heterocycles. The molecule has 5 heteroatoms. The third-order valence-electron chi connectivity index (χ3n) is 2.16.